The van der Waals surface area contributed by atoms with E-state index < -0.39 is 0 Å². The molecule has 15 heavy (non-hydrogen) atoms. The molecule has 0 radical (unpaired) electrons. The Bertz CT molecular complexity index is 431. The summed E-state index contributed by atoms with van der Waals surface area (Å²) in [6.07, 6.45) is 0.534. The Balaban J connectivity index is 2.32. The maximum Gasteiger partial charge on any atom is 0.128 e. The van der Waals surface area contributed by atoms with E-state index in [1.807, 2.05) is 30.3 Å². The Labute approximate surface area is 93.3 Å². The van der Waals surface area contributed by atoms with Crippen LogP contribution in [0.4, 0.5) is 4.39 Å². The standard InChI is InChI=1S/C13H10ClF/c14-12-7-4-8-13(15)11(12)9-10-5-2-1-3-6-10/h1-8H,9H2. The van der Waals surface area contributed by atoms with E-state index in [1.165, 1.54) is 6.07 Å². The van der Waals surface area contributed by atoms with Gasteiger partial charge in [-0.3, -0.25) is 0 Å². The number of rotatable bonds is 2. The average molecular weight is 221 g/mol. The molecule has 0 saturated heterocycles. The van der Waals surface area contributed by atoms with E-state index in [4.69, 9.17) is 11.6 Å². The van der Waals surface area contributed by atoms with Gasteiger partial charge in [-0.15, -0.1) is 0 Å². The summed E-state index contributed by atoms with van der Waals surface area (Å²) in [7, 11) is 0. The molecule has 2 heteroatoms. The van der Waals surface area contributed by atoms with Crippen molar-refractivity contribution < 1.29 is 4.39 Å². The van der Waals surface area contributed by atoms with Crippen LogP contribution in [-0.4, -0.2) is 0 Å². The summed E-state index contributed by atoms with van der Waals surface area (Å²) in [6.45, 7) is 0. The monoisotopic (exact) mass is 220 g/mol. The minimum absolute atomic E-state index is 0.244. The van der Waals surface area contributed by atoms with E-state index in [-0.39, 0.29) is 5.82 Å². The zero-order valence-electron chi connectivity index (χ0n) is 8.08. The highest BCUT2D eigenvalue weighted by molar-refractivity contribution is 6.31. The lowest BCUT2D eigenvalue weighted by Gasteiger charge is -2.05. The summed E-state index contributed by atoms with van der Waals surface area (Å²) < 4.78 is 13.5. The SMILES string of the molecule is Fc1cccc(Cl)c1Cc1ccccc1. The average Bonchev–Trinajstić information content (AvgIpc) is 2.25. The van der Waals surface area contributed by atoms with Crippen LogP contribution in [0.25, 0.3) is 0 Å². The summed E-state index contributed by atoms with van der Waals surface area (Å²) in [5, 5.41) is 0.485. The van der Waals surface area contributed by atoms with Crippen LogP contribution in [0.3, 0.4) is 0 Å². The second-order valence-corrected chi connectivity index (χ2v) is 3.77. The largest absolute Gasteiger partial charge is 0.207 e. The molecule has 0 nitrogen and oxygen atoms in total. The summed E-state index contributed by atoms with van der Waals surface area (Å²) in [6, 6.07) is 14.5. The second kappa shape index (κ2) is 4.45. The fraction of sp³-hybridized carbons (Fsp3) is 0.0769. The molecule has 0 bridgehead atoms. The molecule has 0 aliphatic carbocycles. The Morgan fingerprint density at radius 1 is 0.933 bits per heavy atom. The molecule has 0 unspecified atom stereocenters. The highest BCUT2D eigenvalue weighted by Gasteiger charge is 2.06. The van der Waals surface area contributed by atoms with Crippen molar-refractivity contribution in [3.05, 3.63) is 70.5 Å². The molecule has 0 fully saturated rings. The molecule has 0 spiro atoms. The first kappa shape index (κ1) is 10.2. The highest BCUT2D eigenvalue weighted by Crippen LogP contribution is 2.21. The molecule has 0 aromatic heterocycles. The molecular weight excluding hydrogens is 211 g/mol. The zero-order chi connectivity index (χ0) is 10.7. The summed E-state index contributed by atoms with van der Waals surface area (Å²) in [5.74, 6) is -0.244. The third kappa shape index (κ3) is 2.37. The molecule has 0 amide bonds. The van der Waals surface area contributed by atoms with Crippen molar-refractivity contribution in [1.82, 2.24) is 0 Å². The molecule has 0 saturated carbocycles. The zero-order valence-corrected chi connectivity index (χ0v) is 8.84. The number of hydrogen-bond acceptors (Lipinski definition) is 0. The molecule has 0 aliphatic heterocycles. The fourth-order valence-corrected chi connectivity index (χ4v) is 1.73. The first-order valence-electron chi connectivity index (χ1n) is 4.74. The molecule has 0 atom stereocenters. The van der Waals surface area contributed by atoms with E-state index in [0.717, 1.165) is 5.56 Å². The predicted molar refractivity (Wildman–Crippen MR) is 60.7 cm³/mol. The van der Waals surface area contributed by atoms with Crippen molar-refractivity contribution in [2.75, 3.05) is 0 Å². The van der Waals surface area contributed by atoms with Gasteiger partial charge in [-0.1, -0.05) is 48.0 Å². The van der Waals surface area contributed by atoms with E-state index in [9.17, 15) is 4.39 Å². The third-order valence-electron chi connectivity index (χ3n) is 2.29. The molecule has 2 rings (SSSR count). The molecular formula is C13H10ClF. The van der Waals surface area contributed by atoms with Gasteiger partial charge in [0.1, 0.15) is 5.82 Å². The van der Waals surface area contributed by atoms with Crippen LogP contribution in [0, 0.1) is 5.82 Å². The Morgan fingerprint density at radius 3 is 2.33 bits per heavy atom. The van der Waals surface area contributed by atoms with Gasteiger partial charge in [-0.2, -0.15) is 0 Å². The van der Waals surface area contributed by atoms with Gasteiger partial charge >= 0.3 is 0 Å². The molecule has 76 valence electrons. The molecule has 2 aromatic carbocycles. The van der Waals surface area contributed by atoms with Crippen molar-refractivity contribution in [1.29, 1.82) is 0 Å². The van der Waals surface area contributed by atoms with Gasteiger partial charge in [0.25, 0.3) is 0 Å². The fourth-order valence-electron chi connectivity index (χ4n) is 1.50. The van der Waals surface area contributed by atoms with Gasteiger partial charge in [0.15, 0.2) is 0 Å². The smallest absolute Gasteiger partial charge is 0.128 e. The number of halogens is 2. The molecule has 0 aliphatic rings. The van der Waals surface area contributed by atoms with E-state index in [1.54, 1.807) is 12.1 Å². The maximum absolute atomic E-state index is 13.5. The van der Waals surface area contributed by atoms with Gasteiger partial charge in [0.05, 0.1) is 0 Å². The van der Waals surface area contributed by atoms with Gasteiger partial charge in [-0.25, -0.2) is 4.39 Å². The van der Waals surface area contributed by atoms with Crippen LogP contribution in [0.1, 0.15) is 11.1 Å². The van der Waals surface area contributed by atoms with Gasteiger partial charge < -0.3 is 0 Å². The summed E-state index contributed by atoms with van der Waals surface area (Å²) in [5.41, 5.74) is 1.62. The summed E-state index contributed by atoms with van der Waals surface area (Å²) in [4.78, 5) is 0. The number of benzene rings is 2. The Morgan fingerprint density at radius 2 is 1.67 bits per heavy atom. The van der Waals surface area contributed by atoms with Crippen LogP contribution >= 0.6 is 11.6 Å². The topological polar surface area (TPSA) is 0 Å². The highest BCUT2D eigenvalue weighted by atomic mass is 35.5. The first-order valence-corrected chi connectivity index (χ1v) is 5.12. The molecule has 0 heterocycles. The third-order valence-corrected chi connectivity index (χ3v) is 2.64. The second-order valence-electron chi connectivity index (χ2n) is 3.36. The van der Waals surface area contributed by atoms with Crippen molar-refractivity contribution in [2.45, 2.75) is 6.42 Å². The van der Waals surface area contributed by atoms with Crippen LogP contribution in [0.2, 0.25) is 5.02 Å². The summed E-state index contributed by atoms with van der Waals surface area (Å²) >= 11 is 5.94. The van der Waals surface area contributed by atoms with Crippen LogP contribution in [0.15, 0.2) is 48.5 Å². The minimum Gasteiger partial charge on any atom is -0.207 e. The van der Waals surface area contributed by atoms with E-state index in [2.05, 4.69) is 0 Å². The van der Waals surface area contributed by atoms with Crippen LogP contribution in [-0.2, 0) is 6.42 Å². The van der Waals surface area contributed by atoms with Crippen LogP contribution in [0.5, 0.6) is 0 Å². The first-order chi connectivity index (χ1) is 7.27. The normalized spacial score (nSPS) is 10.3. The quantitative estimate of drug-likeness (QED) is 0.716. The predicted octanol–water partition coefficient (Wildman–Crippen LogP) is 4.07. The van der Waals surface area contributed by atoms with Gasteiger partial charge in [0.2, 0.25) is 0 Å². The van der Waals surface area contributed by atoms with Gasteiger partial charge in [-0.05, 0) is 17.7 Å². The lowest BCUT2D eigenvalue weighted by atomic mass is 10.0. The van der Waals surface area contributed by atoms with Crippen LogP contribution < -0.4 is 0 Å². The van der Waals surface area contributed by atoms with Crippen molar-refractivity contribution in [2.24, 2.45) is 0 Å². The molecule has 0 N–H and O–H groups in total. The minimum atomic E-state index is -0.244. The van der Waals surface area contributed by atoms with Crippen molar-refractivity contribution in [3.63, 3.8) is 0 Å². The van der Waals surface area contributed by atoms with Gasteiger partial charge in [0, 0.05) is 17.0 Å². The molecule has 2 aromatic rings. The Hall–Kier alpha value is -1.34. The lowest BCUT2D eigenvalue weighted by Crippen LogP contribution is -1.93. The van der Waals surface area contributed by atoms with E-state index in [0.29, 0.717) is 17.0 Å². The maximum atomic E-state index is 13.5. The van der Waals surface area contributed by atoms with Crippen molar-refractivity contribution in [3.8, 4) is 0 Å². The van der Waals surface area contributed by atoms with Crippen molar-refractivity contribution >= 4 is 11.6 Å². The Kier molecular flexibility index (Phi) is 3.02. The van der Waals surface area contributed by atoms with E-state index >= 15 is 0 Å². The number of hydrogen-bond donors (Lipinski definition) is 0. The lowest BCUT2D eigenvalue weighted by molar-refractivity contribution is 0.614.